The minimum atomic E-state index is -0.0321. The zero-order valence-electron chi connectivity index (χ0n) is 9.86. The van der Waals surface area contributed by atoms with E-state index in [0.717, 1.165) is 31.8 Å². The third kappa shape index (κ3) is 3.44. The van der Waals surface area contributed by atoms with E-state index in [1.54, 1.807) is 0 Å². The first-order valence-corrected chi connectivity index (χ1v) is 6.33. The molecule has 0 aromatic carbocycles. The molecule has 0 bridgehead atoms. The van der Waals surface area contributed by atoms with Gasteiger partial charge in [-0.2, -0.15) is 0 Å². The van der Waals surface area contributed by atoms with Gasteiger partial charge in [0.15, 0.2) is 0 Å². The summed E-state index contributed by atoms with van der Waals surface area (Å²) >= 11 is 0. The molecule has 2 aliphatic heterocycles. The van der Waals surface area contributed by atoms with E-state index >= 15 is 0 Å². The van der Waals surface area contributed by atoms with Crippen LogP contribution in [0.2, 0.25) is 0 Å². The zero-order chi connectivity index (χ0) is 10.7. The van der Waals surface area contributed by atoms with Gasteiger partial charge < -0.3 is 14.9 Å². The van der Waals surface area contributed by atoms with Crippen molar-refractivity contribution in [2.75, 3.05) is 39.8 Å². The molecule has 0 amide bonds. The topological polar surface area (TPSA) is 26.7 Å². The van der Waals surface area contributed by atoms with Gasteiger partial charge in [-0.25, -0.2) is 0 Å². The van der Waals surface area contributed by atoms with Crippen LogP contribution in [0.1, 0.15) is 25.7 Å². The van der Waals surface area contributed by atoms with E-state index in [9.17, 15) is 5.11 Å². The highest BCUT2D eigenvalue weighted by Crippen LogP contribution is 2.18. The van der Waals surface area contributed by atoms with E-state index in [-0.39, 0.29) is 6.10 Å². The van der Waals surface area contributed by atoms with E-state index in [1.165, 1.54) is 32.5 Å². The largest absolute Gasteiger partial charge is 0.393 e. The molecule has 3 heteroatoms. The Morgan fingerprint density at radius 2 is 1.87 bits per heavy atom. The zero-order valence-corrected chi connectivity index (χ0v) is 9.86. The average molecular weight is 212 g/mol. The fourth-order valence-electron chi connectivity index (χ4n) is 2.89. The highest BCUT2D eigenvalue weighted by Gasteiger charge is 2.22. The van der Waals surface area contributed by atoms with Crippen LogP contribution in [-0.4, -0.2) is 60.8 Å². The number of piperidine rings is 2. The third-order valence-corrected chi connectivity index (χ3v) is 3.80. The van der Waals surface area contributed by atoms with Gasteiger partial charge in [-0.1, -0.05) is 0 Å². The van der Waals surface area contributed by atoms with Crippen molar-refractivity contribution in [3.8, 4) is 0 Å². The lowest BCUT2D eigenvalue weighted by Gasteiger charge is -2.36. The van der Waals surface area contributed by atoms with Crippen LogP contribution in [0.15, 0.2) is 0 Å². The van der Waals surface area contributed by atoms with Crippen LogP contribution in [0.4, 0.5) is 0 Å². The van der Waals surface area contributed by atoms with E-state index in [4.69, 9.17) is 0 Å². The smallest absolute Gasteiger partial charge is 0.0564 e. The maximum atomic E-state index is 9.44. The number of nitrogens with zero attached hydrogens (tertiary/aromatic N) is 2. The van der Waals surface area contributed by atoms with Gasteiger partial charge in [0.1, 0.15) is 0 Å². The molecule has 2 heterocycles. The molecular formula is C12H24N2O. The predicted molar refractivity (Wildman–Crippen MR) is 61.9 cm³/mol. The monoisotopic (exact) mass is 212 g/mol. The molecule has 2 rings (SSSR count). The van der Waals surface area contributed by atoms with Crippen LogP contribution in [0.3, 0.4) is 0 Å². The second-order valence-corrected chi connectivity index (χ2v) is 5.30. The molecule has 1 atom stereocenters. The minimum absolute atomic E-state index is 0.0321. The Labute approximate surface area is 93.1 Å². The summed E-state index contributed by atoms with van der Waals surface area (Å²) in [7, 11) is 2.23. The van der Waals surface area contributed by atoms with Gasteiger partial charge in [0.25, 0.3) is 0 Å². The molecule has 0 aromatic heterocycles. The summed E-state index contributed by atoms with van der Waals surface area (Å²) in [6.07, 6.45) is 4.67. The molecule has 0 aliphatic carbocycles. The van der Waals surface area contributed by atoms with Crippen LogP contribution in [-0.2, 0) is 0 Å². The van der Waals surface area contributed by atoms with E-state index < -0.39 is 0 Å². The summed E-state index contributed by atoms with van der Waals surface area (Å²) in [5.41, 5.74) is 0. The van der Waals surface area contributed by atoms with Gasteiger partial charge in [-0.3, -0.25) is 0 Å². The average Bonchev–Trinajstić information content (AvgIpc) is 2.22. The second kappa shape index (κ2) is 5.28. The number of likely N-dealkylation sites (tertiary alicyclic amines) is 2. The fourth-order valence-corrected chi connectivity index (χ4v) is 2.89. The van der Waals surface area contributed by atoms with Gasteiger partial charge in [0, 0.05) is 26.2 Å². The van der Waals surface area contributed by atoms with Crippen LogP contribution >= 0.6 is 0 Å². The number of rotatable bonds is 2. The van der Waals surface area contributed by atoms with Crippen molar-refractivity contribution in [3.63, 3.8) is 0 Å². The first-order valence-electron chi connectivity index (χ1n) is 6.33. The summed E-state index contributed by atoms with van der Waals surface area (Å²) in [5, 5.41) is 9.44. The number of aliphatic hydroxyl groups is 1. The highest BCUT2D eigenvalue weighted by molar-refractivity contribution is 4.77. The van der Waals surface area contributed by atoms with Crippen molar-refractivity contribution < 1.29 is 5.11 Å². The molecular weight excluding hydrogens is 188 g/mol. The van der Waals surface area contributed by atoms with Crippen LogP contribution < -0.4 is 0 Å². The number of aliphatic hydroxyl groups excluding tert-OH is 1. The van der Waals surface area contributed by atoms with Crippen molar-refractivity contribution in [3.05, 3.63) is 0 Å². The number of hydrogen-bond acceptors (Lipinski definition) is 3. The molecule has 0 unspecified atom stereocenters. The molecule has 15 heavy (non-hydrogen) atoms. The molecule has 2 aliphatic rings. The van der Waals surface area contributed by atoms with Gasteiger partial charge in [0.05, 0.1) is 6.10 Å². The minimum Gasteiger partial charge on any atom is -0.393 e. The van der Waals surface area contributed by atoms with Crippen LogP contribution in [0.5, 0.6) is 0 Å². The van der Waals surface area contributed by atoms with Crippen molar-refractivity contribution in [2.24, 2.45) is 5.92 Å². The molecule has 2 saturated heterocycles. The van der Waals surface area contributed by atoms with E-state index in [0.29, 0.717) is 0 Å². The van der Waals surface area contributed by atoms with Gasteiger partial charge in [-0.15, -0.1) is 0 Å². The molecule has 88 valence electrons. The Bertz CT molecular complexity index is 190. The van der Waals surface area contributed by atoms with Gasteiger partial charge >= 0.3 is 0 Å². The van der Waals surface area contributed by atoms with Crippen LogP contribution in [0.25, 0.3) is 0 Å². The quantitative estimate of drug-likeness (QED) is 0.733. The molecule has 1 N–H and O–H groups in total. The summed E-state index contributed by atoms with van der Waals surface area (Å²) in [4.78, 5) is 4.99. The lowest BCUT2D eigenvalue weighted by atomic mass is 9.96. The Hall–Kier alpha value is -0.120. The maximum absolute atomic E-state index is 9.44. The molecule has 2 fully saturated rings. The Kier molecular flexibility index (Phi) is 4.00. The second-order valence-electron chi connectivity index (χ2n) is 5.30. The first kappa shape index (κ1) is 11.4. The summed E-state index contributed by atoms with van der Waals surface area (Å²) < 4.78 is 0. The maximum Gasteiger partial charge on any atom is 0.0564 e. The molecule has 3 nitrogen and oxygen atoms in total. The standard InChI is InChI=1S/C12H24N2O/c1-13-6-2-3-11(9-13)10-14-7-4-12(15)5-8-14/h11-12,15H,2-10H2,1H3/t11-/m1/s1. The summed E-state index contributed by atoms with van der Waals surface area (Å²) in [6, 6.07) is 0. The van der Waals surface area contributed by atoms with Crippen molar-refractivity contribution in [1.82, 2.24) is 9.80 Å². The molecule has 0 radical (unpaired) electrons. The van der Waals surface area contributed by atoms with Gasteiger partial charge in [0.2, 0.25) is 0 Å². The van der Waals surface area contributed by atoms with Gasteiger partial charge in [-0.05, 0) is 45.2 Å². The number of hydrogen-bond donors (Lipinski definition) is 1. The van der Waals surface area contributed by atoms with Crippen molar-refractivity contribution in [2.45, 2.75) is 31.8 Å². The highest BCUT2D eigenvalue weighted by atomic mass is 16.3. The SMILES string of the molecule is CN1CCC[C@@H](CN2CCC(O)CC2)C1. The van der Waals surface area contributed by atoms with Crippen molar-refractivity contribution >= 4 is 0 Å². The summed E-state index contributed by atoms with van der Waals surface area (Å²) in [6.45, 7) is 5.98. The normalized spacial score (nSPS) is 32.0. The third-order valence-electron chi connectivity index (χ3n) is 3.80. The Balaban J connectivity index is 1.71. The Morgan fingerprint density at radius 1 is 1.13 bits per heavy atom. The lowest BCUT2D eigenvalue weighted by Crippen LogP contribution is -2.43. The Morgan fingerprint density at radius 3 is 2.53 bits per heavy atom. The fraction of sp³-hybridized carbons (Fsp3) is 1.00. The predicted octanol–water partition coefficient (Wildman–Crippen LogP) is 0.785. The molecule has 0 saturated carbocycles. The van der Waals surface area contributed by atoms with E-state index in [1.807, 2.05) is 0 Å². The van der Waals surface area contributed by atoms with Crippen molar-refractivity contribution in [1.29, 1.82) is 0 Å². The molecule has 0 spiro atoms. The lowest BCUT2D eigenvalue weighted by molar-refractivity contribution is 0.0653. The first-order chi connectivity index (χ1) is 7.24. The van der Waals surface area contributed by atoms with E-state index in [2.05, 4.69) is 16.8 Å². The molecule has 0 aromatic rings. The van der Waals surface area contributed by atoms with Crippen LogP contribution in [0, 0.1) is 5.92 Å². The summed E-state index contributed by atoms with van der Waals surface area (Å²) in [5.74, 6) is 0.860.